The Balaban J connectivity index is 2.27. The molecule has 110 valence electrons. The van der Waals surface area contributed by atoms with Gasteiger partial charge in [0.1, 0.15) is 12.4 Å². The van der Waals surface area contributed by atoms with Crippen molar-refractivity contribution in [3.8, 4) is 5.75 Å². The molecular formula is C12H7BrFNO6. The van der Waals surface area contributed by atoms with Crippen LogP contribution in [0.1, 0.15) is 16.1 Å². The van der Waals surface area contributed by atoms with Gasteiger partial charge in [-0.1, -0.05) is 0 Å². The van der Waals surface area contributed by atoms with Gasteiger partial charge in [0.15, 0.2) is 5.75 Å². The zero-order valence-corrected chi connectivity index (χ0v) is 11.8. The van der Waals surface area contributed by atoms with E-state index < -0.39 is 22.4 Å². The first-order valence-electron chi connectivity index (χ1n) is 5.46. The summed E-state index contributed by atoms with van der Waals surface area (Å²) in [5.74, 6) is -2.68. The topological polar surface area (TPSA) is 103 Å². The van der Waals surface area contributed by atoms with Gasteiger partial charge in [0.2, 0.25) is 5.76 Å². The average Bonchev–Trinajstić information content (AvgIpc) is 2.88. The van der Waals surface area contributed by atoms with Crippen molar-refractivity contribution >= 4 is 27.6 Å². The van der Waals surface area contributed by atoms with E-state index in [4.69, 9.17) is 14.3 Å². The van der Waals surface area contributed by atoms with Crippen LogP contribution in [0.15, 0.2) is 33.4 Å². The molecule has 0 spiro atoms. The van der Waals surface area contributed by atoms with Crippen molar-refractivity contribution < 1.29 is 28.4 Å². The van der Waals surface area contributed by atoms with Crippen molar-refractivity contribution in [2.24, 2.45) is 0 Å². The Bertz CT molecular complexity index is 714. The van der Waals surface area contributed by atoms with Crippen molar-refractivity contribution in [2.75, 3.05) is 0 Å². The van der Waals surface area contributed by atoms with Crippen LogP contribution < -0.4 is 4.74 Å². The van der Waals surface area contributed by atoms with Crippen LogP contribution in [0.4, 0.5) is 10.1 Å². The molecule has 0 saturated carbocycles. The molecule has 0 aliphatic carbocycles. The number of halogens is 2. The van der Waals surface area contributed by atoms with E-state index >= 15 is 0 Å². The van der Waals surface area contributed by atoms with Crippen molar-refractivity contribution in [1.29, 1.82) is 0 Å². The number of benzene rings is 1. The van der Waals surface area contributed by atoms with Crippen LogP contribution in [-0.4, -0.2) is 16.0 Å². The predicted octanol–water partition coefficient (Wildman–Crippen LogP) is 3.37. The molecule has 0 unspecified atom stereocenters. The Hall–Kier alpha value is -2.42. The fraction of sp³-hybridized carbons (Fsp3) is 0.0833. The molecule has 0 aliphatic heterocycles. The van der Waals surface area contributed by atoms with Gasteiger partial charge >= 0.3 is 11.7 Å². The summed E-state index contributed by atoms with van der Waals surface area (Å²) in [6.07, 6.45) is 1.15. The van der Waals surface area contributed by atoms with Crippen LogP contribution >= 0.6 is 15.9 Å². The zero-order valence-electron chi connectivity index (χ0n) is 10.2. The molecule has 0 saturated heterocycles. The quantitative estimate of drug-likeness (QED) is 0.648. The van der Waals surface area contributed by atoms with Crippen molar-refractivity contribution in [2.45, 2.75) is 6.61 Å². The molecule has 2 aromatic rings. The fourth-order valence-corrected chi connectivity index (χ4v) is 1.90. The van der Waals surface area contributed by atoms with Crippen LogP contribution in [-0.2, 0) is 6.61 Å². The van der Waals surface area contributed by atoms with Gasteiger partial charge in [-0.05, 0) is 22.0 Å². The van der Waals surface area contributed by atoms with E-state index in [0.717, 1.165) is 18.4 Å². The van der Waals surface area contributed by atoms with E-state index in [-0.39, 0.29) is 28.2 Å². The first-order valence-corrected chi connectivity index (χ1v) is 6.25. The number of nitrogens with zero attached hydrogens (tertiary/aromatic N) is 1. The lowest BCUT2D eigenvalue weighted by molar-refractivity contribution is -0.386. The monoisotopic (exact) mass is 359 g/mol. The summed E-state index contributed by atoms with van der Waals surface area (Å²) in [6, 6.07) is 3.17. The number of nitro benzene ring substituents is 1. The number of aromatic carboxylic acids is 1. The minimum atomic E-state index is -1.30. The van der Waals surface area contributed by atoms with Gasteiger partial charge in [-0.3, -0.25) is 10.1 Å². The Morgan fingerprint density at radius 1 is 1.52 bits per heavy atom. The van der Waals surface area contributed by atoms with Gasteiger partial charge in [0, 0.05) is 17.7 Å². The van der Waals surface area contributed by atoms with Gasteiger partial charge in [0.05, 0.1) is 15.7 Å². The Morgan fingerprint density at radius 2 is 2.24 bits per heavy atom. The molecule has 1 N–H and O–H groups in total. The molecule has 7 nitrogen and oxygen atoms in total. The molecule has 1 aromatic carbocycles. The third-order valence-corrected chi connectivity index (χ3v) is 3.13. The highest BCUT2D eigenvalue weighted by Crippen LogP contribution is 2.33. The number of carboxylic acid groups (broad SMARTS) is 1. The number of hydrogen-bond acceptors (Lipinski definition) is 5. The van der Waals surface area contributed by atoms with Gasteiger partial charge in [-0.25, -0.2) is 9.18 Å². The number of hydrogen-bond donors (Lipinski definition) is 1. The molecule has 2 rings (SSSR count). The van der Waals surface area contributed by atoms with Crippen LogP contribution in [0.5, 0.6) is 5.75 Å². The molecule has 0 atom stereocenters. The normalized spacial score (nSPS) is 10.4. The molecule has 0 fully saturated rings. The highest BCUT2D eigenvalue weighted by atomic mass is 79.9. The first kappa shape index (κ1) is 15.0. The minimum Gasteiger partial charge on any atom is -0.482 e. The summed E-state index contributed by atoms with van der Waals surface area (Å²) in [5.41, 5.74) is -0.260. The predicted molar refractivity (Wildman–Crippen MR) is 70.8 cm³/mol. The maximum atomic E-state index is 13.4. The number of carbonyl (C=O) groups is 1. The van der Waals surface area contributed by atoms with Gasteiger partial charge < -0.3 is 14.3 Å². The summed E-state index contributed by atoms with van der Waals surface area (Å²) >= 11 is 2.84. The van der Waals surface area contributed by atoms with E-state index in [9.17, 15) is 19.3 Å². The number of furan rings is 1. The Labute approximate surface area is 125 Å². The van der Waals surface area contributed by atoms with Crippen molar-refractivity contribution in [3.63, 3.8) is 0 Å². The molecule has 0 bridgehead atoms. The van der Waals surface area contributed by atoms with Crippen LogP contribution in [0, 0.1) is 15.9 Å². The van der Waals surface area contributed by atoms with E-state index in [2.05, 4.69) is 15.9 Å². The Morgan fingerprint density at radius 3 is 2.86 bits per heavy atom. The second kappa shape index (κ2) is 5.92. The van der Waals surface area contributed by atoms with E-state index in [0.29, 0.717) is 0 Å². The van der Waals surface area contributed by atoms with Crippen molar-refractivity contribution in [3.05, 3.63) is 56.2 Å². The second-order valence-electron chi connectivity index (χ2n) is 3.86. The third-order valence-electron chi connectivity index (χ3n) is 2.52. The standard InChI is InChI=1S/C12H7BrFNO6/c13-7-3-9(15(18)19)10(4-8(7)14)21-5-6-1-2-20-11(6)12(16)17/h1-4H,5H2,(H,16,17). The molecular weight excluding hydrogens is 353 g/mol. The highest BCUT2D eigenvalue weighted by molar-refractivity contribution is 9.10. The molecule has 0 radical (unpaired) electrons. The molecule has 0 aliphatic rings. The molecule has 1 aromatic heterocycles. The van der Waals surface area contributed by atoms with Gasteiger partial charge in [-0.2, -0.15) is 0 Å². The number of ether oxygens (including phenoxy) is 1. The highest BCUT2D eigenvalue weighted by Gasteiger charge is 2.21. The van der Waals surface area contributed by atoms with Crippen LogP contribution in [0.25, 0.3) is 0 Å². The van der Waals surface area contributed by atoms with E-state index in [1.807, 2.05) is 0 Å². The molecule has 9 heteroatoms. The zero-order chi connectivity index (χ0) is 15.6. The van der Waals surface area contributed by atoms with Crippen LogP contribution in [0.3, 0.4) is 0 Å². The summed E-state index contributed by atoms with van der Waals surface area (Å²) < 4.78 is 23.2. The Kier molecular flexibility index (Phi) is 4.22. The second-order valence-corrected chi connectivity index (χ2v) is 4.71. The van der Waals surface area contributed by atoms with Crippen LogP contribution in [0.2, 0.25) is 0 Å². The summed E-state index contributed by atoms with van der Waals surface area (Å²) in [4.78, 5) is 21.0. The first-order chi connectivity index (χ1) is 9.90. The SMILES string of the molecule is O=C(O)c1occc1COc1cc(F)c(Br)cc1[N+](=O)[O-]. The molecule has 21 heavy (non-hydrogen) atoms. The maximum absolute atomic E-state index is 13.4. The van der Waals surface area contributed by atoms with Gasteiger partial charge in [-0.15, -0.1) is 0 Å². The smallest absolute Gasteiger partial charge is 0.372 e. The number of carboxylic acids is 1. The lowest BCUT2D eigenvalue weighted by Crippen LogP contribution is -2.04. The minimum absolute atomic E-state index is 0.0731. The fourth-order valence-electron chi connectivity index (χ4n) is 1.57. The lowest BCUT2D eigenvalue weighted by Gasteiger charge is -2.07. The lowest BCUT2D eigenvalue weighted by atomic mass is 10.2. The van der Waals surface area contributed by atoms with Gasteiger partial charge in [0.25, 0.3) is 0 Å². The molecule has 1 heterocycles. The largest absolute Gasteiger partial charge is 0.482 e. The van der Waals surface area contributed by atoms with E-state index in [1.165, 1.54) is 6.07 Å². The summed E-state index contributed by atoms with van der Waals surface area (Å²) in [7, 11) is 0. The van der Waals surface area contributed by atoms with Crippen molar-refractivity contribution in [1.82, 2.24) is 0 Å². The molecule has 0 amide bonds. The van der Waals surface area contributed by atoms with E-state index in [1.54, 1.807) is 0 Å². The number of nitro groups is 1. The number of rotatable bonds is 5. The summed E-state index contributed by atoms with van der Waals surface area (Å²) in [5, 5.41) is 19.7. The summed E-state index contributed by atoms with van der Waals surface area (Å²) in [6.45, 7) is -0.306. The third kappa shape index (κ3) is 3.19. The average molecular weight is 360 g/mol. The maximum Gasteiger partial charge on any atom is 0.372 e.